The van der Waals surface area contributed by atoms with Crippen molar-refractivity contribution in [2.45, 2.75) is 6.92 Å². The number of carbonyl (C=O) groups excluding carboxylic acids is 2. The lowest BCUT2D eigenvalue weighted by Crippen LogP contribution is -2.53. The van der Waals surface area contributed by atoms with E-state index < -0.39 is 0 Å². The minimum Gasteiger partial charge on any atom is -0.492 e. The molecule has 1 heterocycles. The highest BCUT2D eigenvalue weighted by atomic mass is 19.1. The van der Waals surface area contributed by atoms with Crippen molar-refractivity contribution in [3.63, 3.8) is 0 Å². The average molecular weight is 352 g/mol. The third-order valence-electron chi connectivity index (χ3n) is 3.86. The molecule has 1 fully saturated rings. The van der Waals surface area contributed by atoms with E-state index in [1.54, 1.807) is 17.0 Å². The molecule has 1 aromatic rings. The Kier molecular flexibility index (Phi) is 7.46. The topological polar surface area (TPSA) is 73.9 Å². The summed E-state index contributed by atoms with van der Waals surface area (Å²) in [7, 11) is 0. The van der Waals surface area contributed by atoms with Crippen LogP contribution in [0.5, 0.6) is 5.75 Å². The van der Waals surface area contributed by atoms with Crippen LogP contribution in [0.4, 0.5) is 9.18 Å². The molecule has 0 saturated carbocycles. The second-order valence-electron chi connectivity index (χ2n) is 5.75. The van der Waals surface area contributed by atoms with Crippen molar-refractivity contribution >= 4 is 11.9 Å². The van der Waals surface area contributed by atoms with Crippen LogP contribution >= 0.6 is 0 Å². The van der Waals surface area contributed by atoms with E-state index in [-0.39, 0.29) is 17.8 Å². The number of amides is 3. The summed E-state index contributed by atoms with van der Waals surface area (Å²) in [6.45, 7) is 6.10. The maximum absolute atomic E-state index is 12.8. The van der Waals surface area contributed by atoms with E-state index >= 15 is 0 Å². The maximum Gasteiger partial charge on any atom is 0.317 e. The van der Waals surface area contributed by atoms with Crippen molar-refractivity contribution in [3.05, 3.63) is 30.1 Å². The molecule has 0 aliphatic carbocycles. The number of likely N-dealkylation sites (N-methyl/N-ethyl adjacent to an activating group) is 1. The lowest BCUT2D eigenvalue weighted by molar-refractivity contribution is -0.122. The number of nitrogens with zero attached hydrogens (tertiary/aromatic N) is 2. The average Bonchev–Trinajstić information content (AvgIpc) is 2.61. The summed E-state index contributed by atoms with van der Waals surface area (Å²) >= 11 is 0. The lowest BCUT2D eigenvalue weighted by Gasteiger charge is -2.34. The second kappa shape index (κ2) is 9.83. The summed E-state index contributed by atoms with van der Waals surface area (Å²) < 4.78 is 18.2. The van der Waals surface area contributed by atoms with Crippen molar-refractivity contribution in [1.29, 1.82) is 0 Å². The molecule has 8 heteroatoms. The number of ether oxygens (including phenoxy) is 1. The van der Waals surface area contributed by atoms with Crippen LogP contribution in [-0.2, 0) is 4.79 Å². The van der Waals surface area contributed by atoms with E-state index in [0.29, 0.717) is 58.2 Å². The zero-order valence-corrected chi connectivity index (χ0v) is 14.5. The first-order valence-corrected chi connectivity index (χ1v) is 8.48. The summed E-state index contributed by atoms with van der Waals surface area (Å²) in [5.74, 6) is 0.264. The molecule has 25 heavy (non-hydrogen) atoms. The first-order valence-electron chi connectivity index (χ1n) is 8.48. The number of hydrogen-bond acceptors (Lipinski definition) is 4. The highest BCUT2D eigenvalue weighted by molar-refractivity contribution is 5.78. The van der Waals surface area contributed by atoms with Crippen molar-refractivity contribution in [1.82, 2.24) is 20.4 Å². The maximum atomic E-state index is 12.8. The molecule has 1 aliphatic heterocycles. The quantitative estimate of drug-likeness (QED) is 0.708. The lowest BCUT2D eigenvalue weighted by atomic mass is 10.3. The molecule has 2 rings (SSSR count). The molecule has 1 saturated heterocycles. The van der Waals surface area contributed by atoms with Crippen LogP contribution in [0.1, 0.15) is 6.92 Å². The van der Waals surface area contributed by atoms with Gasteiger partial charge in [0.1, 0.15) is 18.2 Å². The Hall–Kier alpha value is -2.35. The van der Waals surface area contributed by atoms with Gasteiger partial charge in [-0.2, -0.15) is 0 Å². The Morgan fingerprint density at radius 1 is 1.12 bits per heavy atom. The van der Waals surface area contributed by atoms with Gasteiger partial charge >= 0.3 is 6.03 Å². The normalized spacial score (nSPS) is 14.9. The van der Waals surface area contributed by atoms with Gasteiger partial charge in [-0.1, -0.05) is 0 Å². The fourth-order valence-electron chi connectivity index (χ4n) is 2.53. The predicted molar refractivity (Wildman–Crippen MR) is 92.0 cm³/mol. The SMILES string of the molecule is CCNC(=O)CN1CCN(C(=O)NCCOc2ccc(F)cc2)CC1. The molecule has 138 valence electrons. The fraction of sp³-hybridized carbons (Fsp3) is 0.529. The summed E-state index contributed by atoms with van der Waals surface area (Å²) in [6.07, 6.45) is 0. The van der Waals surface area contributed by atoms with Crippen LogP contribution in [0.3, 0.4) is 0 Å². The van der Waals surface area contributed by atoms with Gasteiger partial charge in [-0.3, -0.25) is 9.69 Å². The van der Waals surface area contributed by atoms with Crippen molar-refractivity contribution in [2.24, 2.45) is 0 Å². The third kappa shape index (κ3) is 6.58. The van der Waals surface area contributed by atoms with Gasteiger partial charge in [0.15, 0.2) is 0 Å². The van der Waals surface area contributed by atoms with Gasteiger partial charge in [0, 0.05) is 32.7 Å². The van der Waals surface area contributed by atoms with E-state index in [2.05, 4.69) is 10.6 Å². The van der Waals surface area contributed by atoms with Crippen molar-refractivity contribution < 1.29 is 18.7 Å². The Bertz CT molecular complexity index is 560. The van der Waals surface area contributed by atoms with Gasteiger partial charge in [0.2, 0.25) is 5.91 Å². The van der Waals surface area contributed by atoms with E-state index in [9.17, 15) is 14.0 Å². The van der Waals surface area contributed by atoms with Crippen molar-refractivity contribution in [2.75, 3.05) is 52.4 Å². The number of piperazine rings is 1. The first kappa shape index (κ1) is 19.0. The van der Waals surface area contributed by atoms with Gasteiger partial charge < -0.3 is 20.3 Å². The van der Waals surface area contributed by atoms with Crippen LogP contribution in [0, 0.1) is 5.82 Å². The van der Waals surface area contributed by atoms with Crippen LogP contribution in [-0.4, -0.2) is 74.2 Å². The smallest absolute Gasteiger partial charge is 0.317 e. The van der Waals surface area contributed by atoms with E-state index in [4.69, 9.17) is 4.74 Å². The number of halogens is 1. The molecule has 3 amide bonds. The van der Waals surface area contributed by atoms with Crippen molar-refractivity contribution in [3.8, 4) is 5.75 Å². The number of nitrogens with one attached hydrogen (secondary N) is 2. The van der Waals surface area contributed by atoms with Crippen LogP contribution in [0.2, 0.25) is 0 Å². The van der Waals surface area contributed by atoms with Crippen LogP contribution in [0.25, 0.3) is 0 Å². The van der Waals surface area contributed by atoms with Gasteiger partial charge in [0.25, 0.3) is 0 Å². The molecule has 0 unspecified atom stereocenters. The van der Waals surface area contributed by atoms with Gasteiger partial charge in [-0.15, -0.1) is 0 Å². The van der Waals surface area contributed by atoms with E-state index in [0.717, 1.165) is 0 Å². The Balaban J connectivity index is 1.60. The van der Waals surface area contributed by atoms with Gasteiger partial charge in [-0.05, 0) is 31.2 Å². The van der Waals surface area contributed by atoms with Crippen LogP contribution in [0.15, 0.2) is 24.3 Å². The zero-order valence-electron chi connectivity index (χ0n) is 14.5. The Morgan fingerprint density at radius 3 is 2.44 bits per heavy atom. The van der Waals surface area contributed by atoms with Gasteiger partial charge in [-0.25, -0.2) is 9.18 Å². The molecule has 1 aromatic carbocycles. The number of hydrogen-bond donors (Lipinski definition) is 2. The second-order valence-corrected chi connectivity index (χ2v) is 5.75. The highest BCUT2D eigenvalue weighted by Crippen LogP contribution is 2.10. The Morgan fingerprint density at radius 2 is 1.80 bits per heavy atom. The van der Waals surface area contributed by atoms with Gasteiger partial charge in [0.05, 0.1) is 13.1 Å². The molecular formula is C17H25FN4O3. The number of carbonyl (C=O) groups is 2. The number of urea groups is 1. The molecule has 0 bridgehead atoms. The number of rotatable bonds is 7. The first-order chi connectivity index (χ1) is 12.1. The zero-order chi connectivity index (χ0) is 18.1. The predicted octanol–water partition coefficient (Wildman–Crippen LogP) is 0.668. The molecule has 0 radical (unpaired) electrons. The molecule has 7 nitrogen and oxygen atoms in total. The molecule has 0 aromatic heterocycles. The van der Waals surface area contributed by atoms with E-state index in [1.807, 2.05) is 11.8 Å². The monoisotopic (exact) mass is 352 g/mol. The highest BCUT2D eigenvalue weighted by Gasteiger charge is 2.21. The summed E-state index contributed by atoms with van der Waals surface area (Å²) in [4.78, 5) is 27.4. The standard InChI is InChI=1S/C17H25FN4O3/c1-2-19-16(23)13-21-8-10-22(11-9-21)17(24)20-7-12-25-15-5-3-14(18)4-6-15/h3-6H,2,7-13H2,1H3,(H,19,23)(H,20,24). The van der Waals surface area contributed by atoms with E-state index in [1.165, 1.54) is 12.1 Å². The molecule has 0 atom stereocenters. The minimum absolute atomic E-state index is 0.0124. The summed E-state index contributed by atoms with van der Waals surface area (Å²) in [5.41, 5.74) is 0. The van der Waals surface area contributed by atoms with Crippen LogP contribution < -0.4 is 15.4 Å². The fourth-order valence-corrected chi connectivity index (χ4v) is 2.53. The molecule has 2 N–H and O–H groups in total. The molecule has 0 spiro atoms. The third-order valence-corrected chi connectivity index (χ3v) is 3.86. The molecule has 1 aliphatic rings. The summed E-state index contributed by atoms with van der Waals surface area (Å²) in [5, 5.41) is 5.57. The minimum atomic E-state index is -0.313. The number of benzene rings is 1. The Labute approximate surface area is 147 Å². The largest absolute Gasteiger partial charge is 0.492 e. The molecular weight excluding hydrogens is 327 g/mol. The summed E-state index contributed by atoms with van der Waals surface area (Å²) in [6, 6.07) is 5.61.